The van der Waals surface area contributed by atoms with Crippen molar-refractivity contribution in [2.24, 2.45) is 0 Å². The van der Waals surface area contributed by atoms with Gasteiger partial charge in [0.05, 0.1) is 0 Å². The Kier molecular flexibility index (Phi) is 5.32. The van der Waals surface area contributed by atoms with E-state index >= 15 is 0 Å². The molecule has 6 heteroatoms. The molecule has 2 aromatic heterocycles. The van der Waals surface area contributed by atoms with Crippen LogP contribution >= 0.6 is 11.8 Å². The van der Waals surface area contributed by atoms with Gasteiger partial charge in [-0.25, -0.2) is 0 Å². The summed E-state index contributed by atoms with van der Waals surface area (Å²) < 4.78 is 5.50. The van der Waals surface area contributed by atoms with E-state index in [1.54, 1.807) is 0 Å². The number of nitrogens with one attached hydrogen (secondary N) is 1. The summed E-state index contributed by atoms with van der Waals surface area (Å²) in [6.07, 6.45) is 3.72. The number of pyridine rings is 1. The van der Waals surface area contributed by atoms with Crippen LogP contribution in [0.5, 0.6) is 0 Å². The van der Waals surface area contributed by atoms with E-state index in [1.165, 1.54) is 16.7 Å². The van der Waals surface area contributed by atoms with E-state index in [-0.39, 0.29) is 0 Å². The molecular weight excluding hydrogens is 344 g/mol. The topological polar surface area (TPSA) is 63.8 Å². The zero-order valence-electron chi connectivity index (χ0n) is 14.9. The lowest BCUT2D eigenvalue weighted by Crippen LogP contribution is -2.24. The monoisotopic (exact) mass is 366 g/mol. The molecule has 0 amide bonds. The van der Waals surface area contributed by atoms with Gasteiger partial charge in [0.15, 0.2) is 0 Å². The molecule has 134 valence electrons. The molecule has 0 bridgehead atoms. The van der Waals surface area contributed by atoms with Crippen molar-refractivity contribution in [3.05, 3.63) is 64.8 Å². The van der Waals surface area contributed by atoms with Crippen LogP contribution < -0.4 is 5.32 Å². The number of hydrogen-bond donors (Lipinski definition) is 1. The van der Waals surface area contributed by atoms with Crippen molar-refractivity contribution in [1.82, 2.24) is 20.4 Å². The van der Waals surface area contributed by atoms with Gasteiger partial charge in [-0.05, 0) is 36.6 Å². The molecule has 26 heavy (non-hydrogen) atoms. The summed E-state index contributed by atoms with van der Waals surface area (Å²) in [5.41, 5.74) is 5.91. The van der Waals surface area contributed by atoms with Crippen molar-refractivity contribution in [2.75, 3.05) is 12.3 Å². The predicted molar refractivity (Wildman–Crippen MR) is 104 cm³/mol. The smallest absolute Gasteiger partial charge is 0.227 e. The van der Waals surface area contributed by atoms with Gasteiger partial charge < -0.3 is 9.84 Å². The number of rotatable bonds is 6. The van der Waals surface area contributed by atoms with Crippen molar-refractivity contribution in [3.63, 3.8) is 0 Å². The highest BCUT2D eigenvalue weighted by molar-refractivity contribution is 7.98. The van der Waals surface area contributed by atoms with Gasteiger partial charge in [-0.3, -0.25) is 4.98 Å². The first-order valence-corrected chi connectivity index (χ1v) is 10.1. The Bertz CT molecular complexity index is 879. The van der Waals surface area contributed by atoms with E-state index < -0.39 is 0 Å². The van der Waals surface area contributed by atoms with Crippen LogP contribution in [0.1, 0.15) is 28.3 Å². The Balaban J connectivity index is 1.42. The van der Waals surface area contributed by atoms with Gasteiger partial charge in [-0.1, -0.05) is 35.5 Å². The van der Waals surface area contributed by atoms with Crippen molar-refractivity contribution in [3.8, 4) is 11.4 Å². The third kappa shape index (κ3) is 3.81. The second-order valence-corrected chi connectivity index (χ2v) is 7.55. The van der Waals surface area contributed by atoms with E-state index in [0.29, 0.717) is 11.7 Å². The van der Waals surface area contributed by atoms with Crippen molar-refractivity contribution >= 4 is 11.8 Å². The molecule has 0 atom stereocenters. The van der Waals surface area contributed by atoms with Crippen LogP contribution in [0, 0.1) is 6.92 Å². The number of nitrogens with zero attached hydrogens (tertiary/aromatic N) is 3. The highest BCUT2D eigenvalue weighted by Gasteiger charge is 2.20. The van der Waals surface area contributed by atoms with Crippen molar-refractivity contribution in [1.29, 1.82) is 0 Å². The van der Waals surface area contributed by atoms with E-state index in [2.05, 4.69) is 44.7 Å². The zero-order valence-corrected chi connectivity index (χ0v) is 15.7. The normalized spacial score (nSPS) is 13.6. The average molecular weight is 366 g/mol. The van der Waals surface area contributed by atoms with Crippen LogP contribution in [0.25, 0.3) is 11.4 Å². The fourth-order valence-electron chi connectivity index (χ4n) is 3.25. The molecule has 0 unspecified atom stereocenters. The number of benzene rings is 1. The van der Waals surface area contributed by atoms with Gasteiger partial charge >= 0.3 is 0 Å². The number of aromatic nitrogens is 3. The summed E-state index contributed by atoms with van der Waals surface area (Å²) in [6.45, 7) is 3.85. The molecule has 0 saturated carbocycles. The maximum absolute atomic E-state index is 5.50. The molecule has 0 aliphatic carbocycles. The summed E-state index contributed by atoms with van der Waals surface area (Å²) in [5, 5.41) is 7.62. The van der Waals surface area contributed by atoms with Crippen LogP contribution in [-0.2, 0) is 25.1 Å². The zero-order chi connectivity index (χ0) is 17.8. The summed E-state index contributed by atoms with van der Waals surface area (Å²) in [7, 11) is 0. The van der Waals surface area contributed by atoms with Gasteiger partial charge in [-0.15, -0.1) is 0 Å². The molecule has 0 spiro atoms. The number of aryl methyl sites for hydroxylation is 2. The van der Waals surface area contributed by atoms with Gasteiger partial charge in [0.1, 0.15) is 0 Å². The minimum atomic E-state index is 0.678. The highest BCUT2D eigenvalue weighted by Crippen LogP contribution is 2.28. The van der Waals surface area contributed by atoms with Crippen LogP contribution in [0.15, 0.2) is 41.1 Å². The summed E-state index contributed by atoms with van der Waals surface area (Å²) in [5.74, 6) is 3.34. The van der Waals surface area contributed by atoms with Crippen LogP contribution in [0.2, 0.25) is 0 Å². The minimum Gasteiger partial charge on any atom is -0.339 e. The van der Waals surface area contributed by atoms with Crippen molar-refractivity contribution in [2.45, 2.75) is 32.1 Å². The first-order valence-electron chi connectivity index (χ1n) is 8.94. The van der Waals surface area contributed by atoms with Crippen LogP contribution in [-0.4, -0.2) is 27.4 Å². The van der Waals surface area contributed by atoms with E-state index in [9.17, 15) is 0 Å². The second-order valence-electron chi connectivity index (χ2n) is 6.45. The first kappa shape index (κ1) is 17.2. The molecule has 0 fully saturated rings. The Labute approximate surface area is 157 Å². The Morgan fingerprint density at radius 2 is 2.12 bits per heavy atom. The molecule has 1 N–H and O–H groups in total. The molecule has 0 saturated heterocycles. The molecule has 4 rings (SSSR count). The Hall–Kier alpha value is -2.18. The molecule has 5 nitrogen and oxygen atoms in total. The quantitative estimate of drug-likeness (QED) is 0.673. The molecule has 3 heterocycles. The average Bonchev–Trinajstić information content (AvgIpc) is 3.14. The molecule has 1 aliphatic heterocycles. The third-order valence-corrected chi connectivity index (χ3v) is 5.63. The highest BCUT2D eigenvalue weighted by atomic mass is 32.2. The summed E-state index contributed by atoms with van der Waals surface area (Å²) in [4.78, 5) is 9.16. The lowest BCUT2D eigenvalue weighted by Gasteiger charge is -2.19. The largest absolute Gasteiger partial charge is 0.339 e. The summed E-state index contributed by atoms with van der Waals surface area (Å²) >= 11 is 1.88. The molecule has 3 aromatic rings. The van der Waals surface area contributed by atoms with Gasteiger partial charge in [0, 0.05) is 41.9 Å². The molecule has 1 aliphatic rings. The lowest BCUT2D eigenvalue weighted by atomic mass is 9.95. The van der Waals surface area contributed by atoms with Gasteiger partial charge in [0.25, 0.3) is 0 Å². The molecular formula is C20H22N4OS. The fourth-order valence-corrected chi connectivity index (χ4v) is 4.14. The van der Waals surface area contributed by atoms with E-state index in [1.807, 2.05) is 30.9 Å². The third-order valence-electron chi connectivity index (χ3n) is 4.60. The van der Waals surface area contributed by atoms with Gasteiger partial charge in [-0.2, -0.15) is 16.7 Å². The summed E-state index contributed by atoms with van der Waals surface area (Å²) in [6, 6.07) is 10.5. The maximum Gasteiger partial charge on any atom is 0.227 e. The minimum absolute atomic E-state index is 0.678. The lowest BCUT2D eigenvalue weighted by molar-refractivity contribution is 0.383. The number of fused-ring (bicyclic) bond motifs is 1. The number of hydrogen-bond acceptors (Lipinski definition) is 6. The second kappa shape index (κ2) is 8.01. The Morgan fingerprint density at radius 3 is 3.00 bits per heavy atom. The maximum atomic E-state index is 5.50. The Morgan fingerprint density at radius 1 is 1.23 bits per heavy atom. The molecule has 1 aromatic carbocycles. The SMILES string of the molecule is Cc1ncc2c(c1-c1noc(CCSCc3ccccc3)n1)CCNC2. The molecule has 0 radical (unpaired) electrons. The number of thioether (sulfide) groups is 1. The first-order chi connectivity index (χ1) is 12.8. The standard InChI is InChI=1S/C20H22N4OS/c1-14-19(17-7-9-21-11-16(17)12-22-14)20-23-18(25-24-20)8-10-26-13-15-5-3-2-4-6-15/h2-6,12,21H,7-11,13H2,1H3. The van der Waals surface area contributed by atoms with Crippen molar-refractivity contribution < 1.29 is 4.52 Å². The fraction of sp³-hybridized carbons (Fsp3) is 0.350. The van der Waals surface area contributed by atoms with E-state index in [4.69, 9.17) is 4.52 Å². The van der Waals surface area contributed by atoms with E-state index in [0.717, 1.165) is 48.7 Å². The van der Waals surface area contributed by atoms with Crippen LogP contribution in [0.4, 0.5) is 0 Å². The van der Waals surface area contributed by atoms with Crippen LogP contribution in [0.3, 0.4) is 0 Å². The van der Waals surface area contributed by atoms with Gasteiger partial charge in [0.2, 0.25) is 11.7 Å². The predicted octanol–water partition coefficient (Wildman–Crippen LogP) is 3.56.